The van der Waals surface area contributed by atoms with Crippen LogP contribution in [0.5, 0.6) is 5.75 Å². The number of benzene rings is 1. The Bertz CT molecular complexity index is 662. The van der Waals surface area contributed by atoms with Gasteiger partial charge in [0.15, 0.2) is 6.61 Å². The standard InChI is InChI=1S/C14H12Br2N2O3S/c15-9-3-4-12(11(16)6-9)21-8-13(19)18-14(20)17-7-10-2-1-5-22-10/h1-6H,7-8H2,(H2,17,18,19,20). The highest BCUT2D eigenvalue weighted by Crippen LogP contribution is 2.27. The van der Waals surface area contributed by atoms with Crippen molar-refractivity contribution in [3.63, 3.8) is 0 Å². The van der Waals surface area contributed by atoms with Gasteiger partial charge in [0.1, 0.15) is 5.75 Å². The molecule has 0 atom stereocenters. The number of halogens is 2. The molecule has 1 aromatic carbocycles. The van der Waals surface area contributed by atoms with Gasteiger partial charge < -0.3 is 10.1 Å². The first kappa shape index (κ1) is 17.0. The number of hydrogen-bond acceptors (Lipinski definition) is 4. The summed E-state index contributed by atoms with van der Waals surface area (Å²) in [6.07, 6.45) is 0. The summed E-state index contributed by atoms with van der Waals surface area (Å²) in [5.41, 5.74) is 0. The van der Waals surface area contributed by atoms with Crippen LogP contribution >= 0.6 is 43.2 Å². The van der Waals surface area contributed by atoms with E-state index >= 15 is 0 Å². The lowest BCUT2D eigenvalue weighted by atomic mass is 10.3. The van der Waals surface area contributed by atoms with E-state index in [4.69, 9.17) is 4.74 Å². The van der Waals surface area contributed by atoms with Crippen LogP contribution in [0.3, 0.4) is 0 Å². The molecule has 0 unspecified atom stereocenters. The highest BCUT2D eigenvalue weighted by molar-refractivity contribution is 9.11. The van der Waals surface area contributed by atoms with E-state index in [-0.39, 0.29) is 6.61 Å². The molecule has 2 aromatic rings. The molecule has 0 aliphatic carbocycles. The van der Waals surface area contributed by atoms with Crippen molar-refractivity contribution >= 4 is 55.1 Å². The normalized spacial score (nSPS) is 10.1. The first-order valence-electron chi connectivity index (χ1n) is 6.22. The van der Waals surface area contributed by atoms with Crippen LogP contribution in [0.2, 0.25) is 0 Å². The maximum absolute atomic E-state index is 11.6. The molecule has 2 rings (SSSR count). The molecule has 2 N–H and O–H groups in total. The average Bonchev–Trinajstić information content (AvgIpc) is 2.97. The fourth-order valence-corrected chi connectivity index (χ4v) is 3.33. The minimum absolute atomic E-state index is 0.243. The summed E-state index contributed by atoms with van der Waals surface area (Å²) < 4.78 is 6.96. The van der Waals surface area contributed by atoms with Crippen LogP contribution in [0.15, 0.2) is 44.7 Å². The molecule has 22 heavy (non-hydrogen) atoms. The number of ether oxygens (including phenoxy) is 1. The average molecular weight is 448 g/mol. The number of thiophene rings is 1. The topological polar surface area (TPSA) is 67.4 Å². The second-order valence-electron chi connectivity index (χ2n) is 4.17. The van der Waals surface area contributed by atoms with Gasteiger partial charge in [-0.15, -0.1) is 11.3 Å². The highest BCUT2D eigenvalue weighted by atomic mass is 79.9. The van der Waals surface area contributed by atoms with Crippen molar-refractivity contribution < 1.29 is 14.3 Å². The first-order valence-corrected chi connectivity index (χ1v) is 8.69. The Hall–Kier alpha value is -1.38. The van der Waals surface area contributed by atoms with E-state index in [1.165, 1.54) is 11.3 Å². The summed E-state index contributed by atoms with van der Waals surface area (Å²) in [6.45, 7) is 0.141. The maximum Gasteiger partial charge on any atom is 0.321 e. The maximum atomic E-state index is 11.6. The molecule has 1 aromatic heterocycles. The van der Waals surface area contributed by atoms with Gasteiger partial charge in [-0.2, -0.15) is 0 Å². The van der Waals surface area contributed by atoms with E-state index in [9.17, 15) is 9.59 Å². The molecule has 0 radical (unpaired) electrons. The number of urea groups is 1. The molecule has 0 saturated heterocycles. The second kappa shape index (κ2) is 8.30. The number of rotatable bonds is 5. The van der Waals surface area contributed by atoms with Crippen molar-refractivity contribution in [1.82, 2.24) is 10.6 Å². The van der Waals surface area contributed by atoms with Gasteiger partial charge in [0, 0.05) is 9.35 Å². The van der Waals surface area contributed by atoms with Gasteiger partial charge in [-0.3, -0.25) is 10.1 Å². The highest BCUT2D eigenvalue weighted by Gasteiger charge is 2.10. The Morgan fingerprint density at radius 2 is 2.05 bits per heavy atom. The Morgan fingerprint density at radius 3 is 2.73 bits per heavy atom. The van der Waals surface area contributed by atoms with Crippen molar-refractivity contribution in [2.24, 2.45) is 0 Å². The van der Waals surface area contributed by atoms with Crippen molar-refractivity contribution in [3.05, 3.63) is 49.5 Å². The fraction of sp³-hybridized carbons (Fsp3) is 0.143. The van der Waals surface area contributed by atoms with Crippen LogP contribution in [0.25, 0.3) is 0 Å². The van der Waals surface area contributed by atoms with Gasteiger partial charge >= 0.3 is 6.03 Å². The SMILES string of the molecule is O=C(COc1ccc(Br)cc1Br)NC(=O)NCc1cccs1. The summed E-state index contributed by atoms with van der Waals surface area (Å²) in [6, 6.07) is 8.58. The molecular formula is C14H12Br2N2O3S. The van der Waals surface area contributed by atoms with E-state index < -0.39 is 11.9 Å². The lowest BCUT2D eigenvalue weighted by Crippen LogP contribution is -2.41. The number of amides is 3. The fourth-order valence-electron chi connectivity index (χ4n) is 1.52. The number of carbonyl (C=O) groups excluding carboxylic acids is 2. The molecule has 0 aliphatic heterocycles. The van der Waals surface area contributed by atoms with E-state index in [0.717, 1.165) is 13.8 Å². The van der Waals surface area contributed by atoms with Crippen LogP contribution in [0.4, 0.5) is 4.79 Å². The van der Waals surface area contributed by atoms with Crippen LogP contribution in [-0.2, 0) is 11.3 Å². The molecule has 5 nitrogen and oxygen atoms in total. The predicted molar refractivity (Wildman–Crippen MR) is 92.0 cm³/mol. The molecule has 1 heterocycles. The second-order valence-corrected chi connectivity index (χ2v) is 6.98. The van der Waals surface area contributed by atoms with Crippen molar-refractivity contribution in [2.45, 2.75) is 6.54 Å². The number of imide groups is 1. The summed E-state index contributed by atoms with van der Waals surface area (Å²) in [4.78, 5) is 24.2. The third kappa shape index (κ3) is 5.43. The minimum atomic E-state index is -0.545. The zero-order valence-electron chi connectivity index (χ0n) is 11.3. The largest absolute Gasteiger partial charge is 0.483 e. The third-order valence-corrected chi connectivity index (χ3v) is 4.50. The Labute approximate surface area is 148 Å². The summed E-state index contributed by atoms with van der Waals surface area (Å²) >= 11 is 8.19. The van der Waals surface area contributed by atoms with E-state index in [2.05, 4.69) is 42.5 Å². The number of nitrogens with one attached hydrogen (secondary N) is 2. The molecule has 0 aliphatic rings. The third-order valence-electron chi connectivity index (χ3n) is 2.51. The van der Waals surface area contributed by atoms with Gasteiger partial charge in [-0.05, 0) is 45.6 Å². The lowest BCUT2D eigenvalue weighted by molar-refractivity contribution is -0.122. The zero-order valence-corrected chi connectivity index (χ0v) is 15.3. The molecule has 0 bridgehead atoms. The number of carbonyl (C=O) groups is 2. The van der Waals surface area contributed by atoms with Crippen LogP contribution in [-0.4, -0.2) is 18.5 Å². The van der Waals surface area contributed by atoms with Gasteiger partial charge in [-0.25, -0.2) is 4.79 Å². The first-order chi connectivity index (χ1) is 10.5. The molecular weight excluding hydrogens is 436 g/mol. The molecule has 0 saturated carbocycles. The van der Waals surface area contributed by atoms with Crippen LogP contribution in [0, 0.1) is 0 Å². The quantitative estimate of drug-likeness (QED) is 0.734. The van der Waals surface area contributed by atoms with Crippen molar-refractivity contribution in [2.75, 3.05) is 6.61 Å². The monoisotopic (exact) mass is 446 g/mol. The predicted octanol–water partition coefficient (Wildman–Crippen LogP) is 3.68. The zero-order chi connectivity index (χ0) is 15.9. The molecule has 116 valence electrons. The lowest BCUT2D eigenvalue weighted by Gasteiger charge is -2.09. The van der Waals surface area contributed by atoms with Gasteiger partial charge in [0.2, 0.25) is 0 Å². The van der Waals surface area contributed by atoms with Crippen molar-refractivity contribution in [3.8, 4) is 5.75 Å². The molecule has 0 spiro atoms. The Kier molecular flexibility index (Phi) is 6.41. The summed E-state index contributed by atoms with van der Waals surface area (Å²) in [5.74, 6) is 0.0100. The Balaban J connectivity index is 1.74. The van der Waals surface area contributed by atoms with Gasteiger partial charge in [0.25, 0.3) is 5.91 Å². The smallest absolute Gasteiger partial charge is 0.321 e. The molecule has 3 amide bonds. The minimum Gasteiger partial charge on any atom is -0.483 e. The van der Waals surface area contributed by atoms with E-state index in [0.29, 0.717) is 12.3 Å². The molecule has 0 fully saturated rings. The Morgan fingerprint density at radius 1 is 1.23 bits per heavy atom. The van der Waals surface area contributed by atoms with E-state index in [1.807, 2.05) is 17.5 Å². The molecule has 8 heteroatoms. The summed E-state index contributed by atoms with van der Waals surface area (Å²) in [5, 5.41) is 6.73. The van der Waals surface area contributed by atoms with Gasteiger partial charge in [0.05, 0.1) is 11.0 Å². The number of hydrogen-bond donors (Lipinski definition) is 2. The van der Waals surface area contributed by atoms with E-state index in [1.54, 1.807) is 18.2 Å². The van der Waals surface area contributed by atoms with Crippen LogP contribution in [0.1, 0.15) is 4.88 Å². The summed E-state index contributed by atoms with van der Waals surface area (Å²) in [7, 11) is 0. The van der Waals surface area contributed by atoms with Crippen LogP contribution < -0.4 is 15.4 Å². The van der Waals surface area contributed by atoms with Gasteiger partial charge in [-0.1, -0.05) is 22.0 Å². The van der Waals surface area contributed by atoms with Crippen molar-refractivity contribution in [1.29, 1.82) is 0 Å².